The summed E-state index contributed by atoms with van der Waals surface area (Å²) in [7, 11) is 0. The summed E-state index contributed by atoms with van der Waals surface area (Å²) < 4.78 is 71.7. The molecule has 0 N–H and O–H groups in total. The second-order valence-electron chi connectivity index (χ2n) is 17.9. The number of benzene rings is 4. The third-order valence-electron chi connectivity index (χ3n) is 12.3. The van der Waals surface area contributed by atoms with Crippen LogP contribution in [0.3, 0.4) is 0 Å². The van der Waals surface area contributed by atoms with Crippen molar-refractivity contribution in [2.24, 2.45) is 10.8 Å². The van der Waals surface area contributed by atoms with E-state index in [1.807, 2.05) is 116 Å². The van der Waals surface area contributed by atoms with Crippen molar-refractivity contribution in [3.8, 4) is 0 Å². The fourth-order valence-corrected chi connectivity index (χ4v) is 17.3. The van der Waals surface area contributed by atoms with Crippen LogP contribution in [-0.4, -0.2) is 11.8 Å². The van der Waals surface area contributed by atoms with Gasteiger partial charge in [-0.25, -0.2) is 0 Å². The van der Waals surface area contributed by atoms with Crippen LogP contribution in [0.25, 0.3) is 0 Å². The van der Waals surface area contributed by atoms with Gasteiger partial charge in [0.15, 0.2) is 0 Å². The maximum absolute atomic E-state index is 18.4. The zero-order valence-corrected chi connectivity index (χ0v) is 38.3. The minimum atomic E-state index is -5.42. The molecule has 0 fully saturated rings. The number of hydrogen-bond donors (Lipinski definition) is 0. The van der Waals surface area contributed by atoms with Gasteiger partial charge in [0, 0.05) is 0 Å². The Morgan fingerprint density at radius 3 is 1.25 bits per heavy atom. The van der Waals surface area contributed by atoms with Gasteiger partial charge in [-0.1, -0.05) is 0 Å². The summed E-state index contributed by atoms with van der Waals surface area (Å²) in [5.41, 5.74) is 1.35. The van der Waals surface area contributed by atoms with E-state index in [9.17, 15) is 9.59 Å². The van der Waals surface area contributed by atoms with Crippen molar-refractivity contribution in [3.05, 3.63) is 163 Å². The number of aryl methyl sites for hydroxylation is 2. The molecule has 9 heteroatoms. The molecule has 0 spiro atoms. The summed E-state index contributed by atoms with van der Waals surface area (Å²) in [6.45, 7) is 15.1. The van der Waals surface area contributed by atoms with Crippen molar-refractivity contribution >= 4 is 30.9 Å². The van der Waals surface area contributed by atoms with Gasteiger partial charge >= 0.3 is 365 Å². The molecular formula is C52H58F4N2O2Ti. The van der Waals surface area contributed by atoms with Crippen LogP contribution < -0.4 is 17.5 Å². The maximum atomic E-state index is 18.4. The molecule has 2 aliphatic carbocycles. The Kier molecular flexibility index (Phi) is 14.0. The van der Waals surface area contributed by atoms with E-state index < -0.39 is 58.4 Å². The van der Waals surface area contributed by atoms with Gasteiger partial charge in [0.2, 0.25) is 0 Å². The molecule has 4 aromatic rings. The Balaban J connectivity index is 1.67. The summed E-state index contributed by atoms with van der Waals surface area (Å²) >= 11 is -5.42. The number of carbonyl (C=O) groups is 2. The number of amides is 2. The molecule has 0 heterocycles. The van der Waals surface area contributed by atoms with Crippen molar-refractivity contribution in [1.82, 2.24) is 0 Å². The van der Waals surface area contributed by atoms with E-state index in [-0.39, 0.29) is 49.1 Å². The molecule has 0 atom stereocenters. The molecule has 2 amide bonds. The van der Waals surface area contributed by atoms with Crippen LogP contribution in [0.15, 0.2) is 117 Å². The third kappa shape index (κ3) is 9.08. The van der Waals surface area contributed by atoms with Crippen molar-refractivity contribution < 1.29 is 43.7 Å². The van der Waals surface area contributed by atoms with Gasteiger partial charge in [0.05, 0.1) is 0 Å². The molecule has 0 aliphatic heterocycles. The van der Waals surface area contributed by atoms with E-state index in [0.717, 1.165) is 34.4 Å². The van der Waals surface area contributed by atoms with Crippen LogP contribution in [0.5, 0.6) is 0 Å². The average Bonchev–Trinajstić information content (AvgIpc) is 3.97. The molecule has 61 heavy (non-hydrogen) atoms. The topological polar surface area (TPSA) is 40.6 Å². The first-order chi connectivity index (χ1) is 29.0. The van der Waals surface area contributed by atoms with E-state index >= 15 is 17.6 Å². The van der Waals surface area contributed by atoms with Gasteiger partial charge in [-0.15, -0.1) is 0 Å². The van der Waals surface area contributed by atoms with Crippen LogP contribution in [0.2, 0.25) is 0 Å². The van der Waals surface area contributed by atoms with Crippen LogP contribution in [0, 0.1) is 47.9 Å². The SMILES string of the molecule is CCCC(C)(C)C(=O)N(Cc1ccc(C)cc1)c1ccc(F)[c]([Ti]([C]2=CC=CC2)([C]2=CC=CC2)[c]2c(F)ccc(N(Cc3ccc(C)cc3)C(=O)C(C)(C)CCC)c2F)c1F. The summed E-state index contributed by atoms with van der Waals surface area (Å²) in [5, 5.41) is 0. The Morgan fingerprint density at radius 1 is 0.574 bits per heavy atom. The third-order valence-corrected chi connectivity index (χ3v) is 20.2. The molecule has 0 saturated heterocycles. The monoisotopic (exact) mass is 866 g/mol. The molecule has 0 unspecified atom stereocenters. The molecule has 0 radical (unpaired) electrons. The zero-order chi connectivity index (χ0) is 44.3. The predicted octanol–water partition coefficient (Wildman–Crippen LogP) is 12.4. The Labute approximate surface area is 363 Å². The van der Waals surface area contributed by atoms with Gasteiger partial charge in [0.1, 0.15) is 0 Å². The average molecular weight is 867 g/mol. The fraction of sp³-hybridized carbons (Fsp3) is 0.346. The normalized spacial score (nSPS) is 14.0. The summed E-state index contributed by atoms with van der Waals surface area (Å²) in [6, 6.07) is 20.0. The fourth-order valence-electron chi connectivity index (χ4n) is 9.09. The first-order valence-corrected chi connectivity index (χ1v) is 24.5. The summed E-state index contributed by atoms with van der Waals surface area (Å²) in [4.78, 5) is 32.1. The van der Waals surface area contributed by atoms with Crippen LogP contribution in [-0.2, 0) is 39.3 Å². The van der Waals surface area contributed by atoms with Crippen LogP contribution in [0.1, 0.15) is 102 Å². The van der Waals surface area contributed by atoms with Gasteiger partial charge in [-0.05, 0) is 0 Å². The molecule has 4 nitrogen and oxygen atoms in total. The summed E-state index contributed by atoms with van der Waals surface area (Å²) in [5.74, 6) is -4.64. The van der Waals surface area contributed by atoms with E-state index in [4.69, 9.17) is 0 Å². The van der Waals surface area contributed by atoms with Gasteiger partial charge in [-0.2, -0.15) is 0 Å². The molecule has 0 bridgehead atoms. The van der Waals surface area contributed by atoms with Crippen molar-refractivity contribution in [2.75, 3.05) is 9.80 Å². The first-order valence-electron chi connectivity index (χ1n) is 21.4. The van der Waals surface area contributed by atoms with Crippen molar-refractivity contribution in [2.45, 2.75) is 107 Å². The summed E-state index contributed by atoms with van der Waals surface area (Å²) in [6.07, 6.45) is 13.5. The number of rotatable bonds is 16. The van der Waals surface area contributed by atoms with Gasteiger partial charge in [0.25, 0.3) is 0 Å². The number of nitrogens with zero attached hydrogens (tertiary/aromatic N) is 2. The second-order valence-corrected chi connectivity index (χ2v) is 23.8. The molecule has 0 saturated carbocycles. The minimum absolute atomic E-state index is 0.00934. The Hall–Kier alpha value is -4.79. The van der Waals surface area contributed by atoms with E-state index in [2.05, 4.69) is 0 Å². The number of anilines is 2. The van der Waals surface area contributed by atoms with E-state index in [0.29, 0.717) is 33.4 Å². The Bertz CT molecular complexity index is 2240. The first kappa shape index (κ1) is 45.7. The predicted molar refractivity (Wildman–Crippen MR) is 238 cm³/mol. The molecule has 2 aliphatic rings. The molecule has 0 aromatic heterocycles. The van der Waals surface area contributed by atoms with Crippen molar-refractivity contribution in [1.29, 1.82) is 0 Å². The molecule has 320 valence electrons. The molecule has 4 aromatic carbocycles. The van der Waals surface area contributed by atoms with Crippen molar-refractivity contribution in [3.63, 3.8) is 0 Å². The molecular weight excluding hydrogens is 808 g/mol. The van der Waals surface area contributed by atoms with E-state index in [1.54, 1.807) is 24.3 Å². The number of carbonyl (C=O) groups excluding carboxylic acids is 2. The zero-order valence-electron chi connectivity index (χ0n) is 36.8. The van der Waals surface area contributed by atoms with Gasteiger partial charge < -0.3 is 0 Å². The van der Waals surface area contributed by atoms with Crippen LogP contribution >= 0.6 is 0 Å². The standard InChI is InChI=1S/2C21H24F2NO.2C5H5.Ti/c2*1-5-12-21(3,4)20(25)24(14-16-8-6-15(2)7-9-16)19-11-10-17(22)13-18(19)23;2*1-2-4-5-3-1;/h2*6-11H,5,12,14H2,1-4H3;2*1-3H,4H2;. The number of halogens is 4. The second kappa shape index (κ2) is 18.7. The Morgan fingerprint density at radius 2 is 0.934 bits per heavy atom. The van der Waals surface area contributed by atoms with Gasteiger partial charge in [-0.3, -0.25) is 0 Å². The number of allylic oxidation sites excluding steroid dienone is 8. The van der Waals surface area contributed by atoms with Crippen LogP contribution in [0.4, 0.5) is 28.9 Å². The molecule has 6 rings (SSSR count). The van der Waals surface area contributed by atoms with E-state index in [1.165, 1.54) is 21.9 Å². The number of hydrogen-bond acceptors (Lipinski definition) is 2. The quantitative estimate of drug-likeness (QED) is 0.0831.